The number of nitrogens with two attached hydrogens (primary N) is 2. The maximum atomic E-state index is 5.82. The Hall–Kier alpha value is -2.22. The minimum Gasteiger partial charge on any atom is -0.368 e. The highest BCUT2D eigenvalue weighted by Gasteiger charge is 2.17. The van der Waals surface area contributed by atoms with Crippen LogP contribution in [0.3, 0.4) is 0 Å². The maximum absolute atomic E-state index is 5.82. The Morgan fingerprint density at radius 3 is 2.42 bits per heavy atom. The monoisotopic (exact) mass is 275 g/mol. The van der Waals surface area contributed by atoms with Gasteiger partial charge < -0.3 is 11.5 Å². The topological polar surface area (TPSA) is 109 Å². The van der Waals surface area contributed by atoms with Crippen LogP contribution in [0.2, 0.25) is 0 Å². The average Bonchev–Trinajstić information content (AvgIpc) is 2.79. The van der Waals surface area contributed by atoms with Crippen molar-refractivity contribution >= 4 is 33.5 Å². The second-order valence-electron chi connectivity index (χ2n) is 4.30. The number of thiophene rings is 1. The molecule has 3 heterocycles. The van der Waals surface area contributed by atoms with Gasteiger partial charge in [0.15, 0.2) is 5.82 Å². The first-order valence-electron chi connectivity index (χ1n) is 5.70. The second-order valence-corrected chi connectivity index (χ2v) is 5.50. The summed E-state index contributed by atoms with van der Waals surface area (Å²) >= 11 is 1.63. The zero-order chi connectivity index (χ0) is 13.7. The summed E-state index contributed by atoms with van der Waals surface area (Å²) in [5.41, 5.74) is 12.5. The van der Waals surface area contributed by atoms with Gasteiger partial charge in [-0.3, -0.25) is 0 Å². The molecule has 0 aliphatic rings. The van der Waals surface area contributed by atoms with E-state index in [-0.39, 0.29) is 11.9 Å². The van der Waals surface area contributed by atoms with E-state index in [4.69, 9.17) is 11.5 Å². The standard InChI is InChI=1S/C11H13N7S/c1-4-5(2)19-9-7(4)8(14-6(3)15-9)18-11(13)16-10(12)17-18/h1-3H3,(H4,12,13,16,17). The number of rotatable bonds is 1. The molecule has 0 aromatic carbocycles. The number of anilines is 2. The van der Waals surface area contributed by atoms with Crippen LogP contribution in [0.5, 0.6) is 0 Å². The normalized spacial score (nSPS) is 11.3. The molecule has 0 amide bonds. The molecule has 0 fully saturated rings. The van der Waals surface area contributed by atoms with Crippen LogP contribution in [-0.4, -0.2) is 24.7 Å². The second kappa shape index (κ2) is 3.89. The molecule has 0 saturated heterocycles. The molecule has 0 spiro atoms. The lowest BCUT2D eigenvalue weighted by Crippen LogP contribution is -2.07. The van der Waals surface area contributed by atoms with Gasteiger partial charge in [-0.1, -0.05) is 0 Å². The van der Waals surface area contributed by atoms with Crippen LogP contribution in [0, 0.1) is 20.8 Å². The summed E-state index contributed by atoms with van der Waals surface area (Å²) in [6.45, 7) is 5.93. The lowest BCUT2D eigenvalue weighted by molar-refractivity contribution is 0.854. The Bertz CT molecular complexity index is 786. The van der Waals surface area contributed by atoms with Crippen LogP contribution < -0.4 is 11.5 Å². The summed E-state index contributed by atoms with van der Waals surface area (Å²) in [6.07, 6.45) is 0. The van der Waals surface area contributed by atoms with Gasteiger partial charge in [0.05, 0.1) is 5.39 Å². The van der Waals surface area contributed by atoms with Gasteiger partial charge in [0.2, 0.25) is 11.9 Å². The third-order valence-corrected chi connectivity index (χ3v) is 4.07. The van der Waals surface area contributed by atoms with Crippen LogP contribution >= 0.6 is 11.3 Å². The van der Waals surface area contributed by atoms with Gasteiger partial charge in [-0.2, -0.15) is 9.67 Å². The number of hydrogen-bond donors (Lipinski definition) is 2. The summed E-state index contributed by atoms with van der Waals surface area (Å²) in [5, 5.41) is 5.04. The van der Waals surface area contributed by atoms with Crippen molar-refractivity contribution in [2.75, 3.05) is 11.5 Å². The predicted molar refractivity (Wildman–Crippen MR) is 75.4 cm³/mol. The summed E-state index contributed by atoms with van der Waals surface area (Å²) < 4.78 is 1.46. The third-order valence-electron chi connectivity index (χ3n) is 2.97. The lowest BCUT2D eigenvalue weighted by Gasteiger charge is -2.05. The number of nitrogens with zero attached hydrogens (tertiary/aromatic N) is 5. The zero-order valence-electron chi connectivity index (χ0n) is 10.8. The van der Waals surface area contributed by atoms with Gasteiger partial charge in [-0.25, -0.2) is 9.97 Å². The molecular formula is C11H13N7S. The molecule has 0 unspecified atom stereocenters. The lowest BCUT2D eigenvalue weighted by atomic mass is 10.2. The Labute approximate surface area is 113 Å². The molecule has 3 aromatic heterocycles. The summed E-state index contributed by atoms with van der Waals surface area (Å²) in [6, 6.07) is 0. The fraction of sp³-hybridized carbons (Fsp3) is 0.273. The average molecular weight is 275 g/mol. The Balaban J connectivity index is 2.43. The van der Waals surface area contributed by atoms with E-state index in [9.17, 15) is 0 Å². The maximum Gasteiger partial charge on any atom is 0.241 e. The largest absolute Gasteiger partial charge is 0.368 e. The Morgan fingerprint density at radius 2 is 1.79 bits per heavy atom. The number of hydrogen-bond acceptors (Lipinski definition) is 7. The quantitative estimate of drug-likeness (QED) is 0.694. The van der Waals surface area contributed by atoms with Crippen LogP contribution in [-0.2, 0) is 0 Å². The molecule has 4 N–H and O–H groups in total. The van der Waals surface area contributed by atoms with E-state index in [1.54, 1.807) is 11.3 Å². The smallest absolute Gasteiger partial charge is 0.241 e. The fourth-order valence-electron chi connectivity index (χ4n) is 1.98. The highest BCUT2D eigenvalue weighted by Crippen LogP contribution is 2.32. The summed E-state index contributed by atoms with van der Waals surface area (Å²) in [7, 11) is 0. The Morgan fingerprint density at radius 1 is 1.05 bits per heavy atom. The van der Waals surface area contributed by atoms with Gasteiger partial charge in [-0.15, -0.1) is 16.4 Å². The summed E-state index contributed by atoms with van der Waals surface area (Å²) in [5.74, 6) is 1.65. The van der Waals surface area contributed by atoms with Gasteiger partial charge in [0, 0.05) is 4.88 Å². The molecular weight excluding hydrogens is 262 g/mol. The van der Waals surface area contributed by atoms with E-state index in [2.05, 4.69) is 27.0 Å². The van der Waals surface area contributed by atoms with Crippen molar-refractivity contribution < 1.29 is 0 Å². The van der Waals surface area contributed by atoms with E-state index >= 15 is 0 Å². The summed E-state index contributed by atoms with van der Waals surface area (Å²) in [4.78, 5) is 14.9. The van der Waals surface area contributed by atoms with Gasteiger partial charge in [-0.05, 0) is 26.3 Å². The van der Waals surface area contributed by atoms with Crippen LogP contribution in [0.4, 0.5) is 11.9 Å². The number of fused-ring (bicyclic) bond motifs is 1. The van der Waals surface area contributed by atoms with Crippen molar-refractivity contribution in [2.24, 2.45) is 0 Å². The van der Waals surface area contributed by atoms with E-state index in [1.165, 1.54) is 9.56 Å². The first-order chi connectivity index (χ1) is 8.97. The highest BCUT2D eigenvalue weighted by atomic mass is 32.1. The van der Waals surface area contributed by atoms with E-state index in [0.29, 0.717) is 11.6 Å². The van der Waals surface area contributed by atoms with Gasteiger partial charge in [0.1, 0.15) is 10.7 Å². The molecule has 8 heteroatoms. The third kappa shape index (κ3) is 1.72. The van der Waals surface area contributed by atoms with E-state index in [1.807, 2.05) is 13.8 Å². The van der Waals surface area contributed by atoms with E-state index in [0.717, 1.165) is 15.8 Å². The van der Waals surface area contributed by atoms with E-state index < -0.39 is 0 Å². The van der Waals surface area contributed by atoms with Crippen LogP contribution in [0.1, 0.15) is 16.3 Å². The highest BCUT2D eigenvalue weighted by molar-refractivity contribution is 7.18. The molecule has 0 bridgehead atoms. The molecule has 98 valence electrons. The SMILES string of the molecule is Cc1nc(-n2nc(N)nc2N)c2c(C)c(C)sc2n1. The molecule has 3 aromatic rings. The van der Waals surface area contributed by atoms with Crippen molar-refractivity contribution in [2.45, 2.75) is 20.8 Å². The molecule has 7 nitrogen and oxygen atoms in total. The molecule has 0 aliphatic heterocycles. The van der Waals surface area contributed by atoms with Gasteiger partial charge >= 0.3 is 0 Å². The molecule has 0 atom stereocenters. The van der Waals surface area contributed by atoms with Crippen LogP contribution in [0.15, 0.2) is 0 Å². The first-order valence-corrected chi connectivity index (χ1v) is 6.51. The van der Waals surface area contributed by atoms with Crippen molar-refractivity contribution in [3.8, 4) is 5.82 Å². The van der Waals surface area contributed by atoms with Crippen molar-refractivity contribution in [3.63, 3.8) is 0 Å². The zero-order valence-corrected chi connectivity index (χ0v) is 11.6. The predicted octanol–water partition coefficient (Wildman–Crippen LogP) is 1.36. The molecule has 0 saturated carbocycles. The van der Waals surface area contributed by atoms with Crippen molar-refractivity contribution in [3.05, 3.63) is 16.3 Å². The number of nitrogen functional groups attached to an aromatic ring is 2. The molecule has 0 radical (unpaired) electrons. The number of aromatic nitrogens is 5. The molecule has 0 aliphatic carbocycles. The molecule has 3 rings (SSSR count). The van der Waals surface area contributed by atoms with Gasteiger partial charge in [0.25, 0.3) is 0 Å². The fourth-order valence-corrected chi connectivity index (χ4v) is 3.05. The molecule has 19 heavy (non-hydrogen) atoms. The minimum atomic E-state index is 0.131. The Kier molecular flexibility index (Phi) is 2.42. The van der Waals surface area contributed by atoms with Crippen LogP contribution in [0.25, 0.3) is 16.0 Å². The minimum absolute atomic E-state index is 0.131. The number of aryl methyl sites for hydroxylation is 3. The van der Waals surface area contributed by atoms with Crippen molar-refractivity contribution in [1.29, 1.82) is 0 Å². The first kappa shape index (κ1) is 11.8. The van der Waals surface area contributed by atoms with Crippen molar-refractivity contribution in [1.82, 2.24) is 24.7 Å².